The van der Waals surface area contributed by atoms with Gasteiger partial charge in [0.05, 0.1) is 6.04 Å². The second-order valence-corrected chi connectivity index (χ2v) is 5.02. The van der Waals surface area contributed by atoms with Crippen LogP contribution in [0.3, 0.4) is 0 Å². The lowest BCUT2D eigenvalue weighted by Crippen LogP contribution is -2.32. The maximum Gasteiger partial charge on any atom is 0.0577 e. The molecule has 2 unspecified atom stereocenters. The molecule has 0 amide bonds. The average molecular weight is 213 g/mol. The van der Waals surface area contributed by atoms with Crippen LogP contribution in [-0.4, -0.2) is 17.5 Å². The fourth-order valence-corrected chi connectivity index (χ4v) is 3.23. The maximum absolute atomic E-state index is 2.54. The molecule has 0 radical (unpaired) electrons. The Morgan fingerprint density at radius 1 is 1.25 bits per heavy atom. The van der Waals surface area contributed by atoms with Gasteiger partial charge in [0.1, 0.15) is 0 Å². The molecule has 3 rings (SSSR count). The molecule has 1 aliphatic heterocycles. The van der Waals surface area contributed by atoms with Crippen molar-refractivity contribution < 1.29 is 0 Å². The number of likely N-dealkylation sites (N-methyl/N-ethyl adjacent to an activating group) is 1. The van der Waals surface area contributed by atoms with E-state index in [-0.39, 0.29) is 0 Å². The Bertz CT molecular complexity index is 411. The van der Waals surface area contributed by atoms with Crippen molar-refractivity contribution in [3.63, 3.8) is 0 Å². The van der Waals surface area contributed by atoms with Crippen molar-refractivity contribution in [2.24, 2.45) is 11.8 Å². The predicted molar refractivity (Wildman–Crippen MR) is 67.9 cm³/mol. The summed E-state index contributed by atoms with van der Waals surface area (Å²) < 4.78 is 0. The highest BCUT2D eigenvalue weighted by Crippen LogP contribution is 2.43. The zero-order chi connectivity index (χ0) is 11.1. The number of rotatable bonds is 1. The molecule has 0 fully saturated rings. The van der Waals surface area contributed by atoms with Gasteiger partial charge in [-0.1, -0.05) is 37.3 Å². The minimum absolute atomic E-state index is 0.579. The van der Waals surface area contributed by atoms with E-state index in [2.05, 4.69) is 55.2 Å². The van der Waals surface area contributed by atoms with E-state index in [1.165, 1.54) is 12.1 Å². The van der Waals surface area contributed by atoms with Crippen LogP contribution in [0.5, 0.6) is 0 Å². The van der Waals surface area contributed by atoms with Crippen molar-refractivity contribution in [1.82, 2.24) is 4.90 Å². The maximum atomic E-state index is 2.54. The Hall–Kier alpha value is -1.24. The summed E-state index contributed by atoms with van der Waals surface area (Å²) >= 11 is 0. The number of fused-ring (bicyclic) bond motifs is 2. The van der Waals surface area contributed by atoms with Crippen molar-refractivity contribution in [3.8, 4) is 0 Å². The van der Waals surface area contributed by atoms with E-state index in [0.717, 1.165) is 6.54 Å². The highest BCUT2D eigenvalue weighted by atomic mass is 15.2. The highest BCUT2D eigenvalue weighted by Gasteiger charge is 2.37. The summed E-state index contributed by atoms with van der Waals surface area (Å²) in [5.41, 5.74) is 3.15. The molecule has 0 saturated carbocycles. The average Bonchev–Trinajstić information content (AvgIpc) is 2.62. The molecule has 3 aliphatic rings. The van der Waals surface area contributed by atoms with E-state index in [4.69, 9.17) is 0 Å². The number of hydrogen-bond donors (Lipinski definition) is 0. The Morgan fingerprint density at radius 3 is 2.88 bits per heavy atom. The van der Waals surface area contributed by atoms with Crippen molar-refractivity contribution in [1.29, 1.82) is 0 Å². The van der Waals surface area contributed by atoms with Crippen LogP contribution in [0.2, 0.25) is 0 Å². The molecule has 2 aliphatic carbocycles. The summed E-state index contributed by atoms with van der Waals surface area (Å²) in [5.74, 6) is 1.34. The van der Waals surface area contributed by atoms with Gasteiger partial charge in [0.2, 0.25) is 0 Å². The lowest BCUT2D eigenvalue weighted by Gasteiger charge is -2.28. The molecule has 16 heavy (non-hydrogen) atoms. The Balaban J connectivity index is 2.02. The van der Waals surface area contributed by atoms with Crippen LogP contribution in [0, 0.1) is 11.8 Å². The fraction of sp³-hybridized carbons (Fsp3) is 0.467. The topological polar surface area (TPSA) is 3.24 Å². The molecule has 0 spiro atoms. The van der Waals surface area contributed by atoms with E-state index >= 15 is 0 Å². The minimum Gasteiger partial charge on any atom is -0.364 e. The van der Waals surface area contributed by atoms with Crippen LogP contribution < -0.4 is 0 Å². The van der Waals surface area contributed by atoms with Crippen LogP contribution in [-0.2, 0) is 0 Å². The van der Waals surface area contributed by atoms with Gasteiger partial charge in [-0.2, -0.15) is 0 Å². The Kier molecular flexibility index (Phi) is 2.27. The second-order valence-electron chi connectivity index (χ2n) is 5.02. The first-order chi connectivity index (χ1) is 7.81. The Morgan fingerprint density at radius 2 is 2.06 bits per heavy atom. The molecule has 0 N–H and O–H groups in total. The third-order valence-electron chi connectivity index (χ3n) is 3.97. The third kappa shape index (κ3) is 1.31. The van der Waals surface area contributed by atoms with Crippen LogP contribution in [0.1, 0.15) is 20.3 Å². The first-order valence-electron chi connectivity index (χ1n) is 6.34. The standard InChI is InChI=1S/C15H19N/c1-3-16-14-7-5-4-6-12(14)13-10-11(2)8-9-15(13)16/h4-9,11-12,14H,3,10H2,1-2H3/t11?,12?,14-/m1/s1. The summed E-state index contributed by atoms with van der Waals surface area (Å²) in [5, 5.41) is 0. The monoisotopic (exact) mass is 213 g/mol. The predicted octanol–water partition coefficient (Wildman–Crippen LogP) is 3.28. The van der Waals surface area contributed by atoms with Gasteiger partial charge in [0.25, 0.3) is 0 Å². The summed E-state index contributed by atoms with van der Waals surface area (Å²) in [6, 6.07) is 0.579. The van der Waals surface area contributed by atoms with Gasteiger partial charge < -0.3 is 4.90 Å². The molecule has 0 aromatic rings. The second kappa shape index (κ2) is 3.65. The van der Waals surface area contributed by atoms with Crippen LogP contribution >= 0.6 is 0 Å². The molecule has 0 saturated heterocycles. The van der Waals surface area contributed by atoms with Gasteiger partial charge in [-0.25, -0.2) is 0 Å². The molecule has 0 aromatic carbocycles. The number of allylic oxidation sites excluding steroid dienone is 4. The van der Waals surface area contributed by atoms with E-state index in [1.807, 2.05) is 0 Å². The lowest BCUT2D eigenvalue weighted by molar-refractivity contribution is 0.318. The smallest absolute Gasteiger partial charge is 0.0577 e. The zero-order valence-corrected chi connectivity index (χ0v) is 10.1. The first-order valence-corrected chi connectivity index (χ1v) is 6.34. The largest absolute Gasteiger partial charge is 0.364 e. The van der Waals surface area contributed by atoms with Crippen LogP contribution in [0.15, 0.2) is 47.7 Å². The molecule has 84 valence electrons. The van der Waals surface area contributed by atoms with Gasteiger partial charge in [-0.3, -0.25) is 0 Å². The van der Waals surface area contributed by atoms with Gasteiger partial charge in [0, 0.05) is 18.2 Å². The van der Waals surface area contributed by atoms with Crippen LogP contribution in [0.25, 0.3) is 0 Å². The fourth-order valence-electron chi connectivity index (χ4n) is 3.23. The minimum atomic E-state index is 0.579. The summed E-state index contributed by atoms with van der Waals surface area (Å²) in [6.45, 7) is 5.67. The molecular weight excluding hydrogens is 194 g/mol. The van der Waals surface area contributed by atoms with Crippen molar-refractivity contribution in [2.75, 3.05) is 6.54 Å². The Labute approximate surface area is 97.8 Å². The molecule has 0 aromatic heterocycles. The number of hydrogen-bond acceptors (Lipinski definition) is 1. The van der Waals surface area contributed by atoms with Crippen molar-refractivity contribution >= 4 is 0 Å². The van der Waals surface area contributed by atoms with Gasteiger partial charge >= 0.3 is 0 Å². The van der Waals surface area contributed by atoms with Gasteiger partial charge in [-0.05, 0) is 30.9 Å². The molecule has 0 bridgehead atoms. The molecular formula is C15H19N. The molecule has 1 heterocycles. The van der Waals surface area contributed by atoms with E-state index in [0.29, 0.717) is 17.9 Å². The highest BCUT2D eigenvalue weighted by molar-refractivity contribution is 5.43. The summed E-state index contributed by atoms with van der Waals surface area (Å²) in [4.78, 5) is 2.54. The van der Waals surface area contributed by atoms with E-state index in [9.17, 15) is 0 Å². The molecule has 1 nitrogen and oxygen atoms in total. The van der Waals surface area contributed by atoms with E-state index < -0.39 is 0 Å². The normalized spacial score (nSPS) is 35.6. The van der Waals surface area contributed by atoms with Crippen molar-refractivity contribution in [2.45, 2.75) is 26.3 Å². The first kappa shape index (κ1) is 9.95. The number of nitrogens with zero attached hydrogens (tertiary/aromatic N) is 1. The van der Waals surface area contributed by atoms with Crippen molar-refractivity contribution in [3.05, 3.63) is 47.7 Å². The SMILES string of the molecule is CCN1C2=C(CC(C)C=C2)C2C=CC=C[C@H]21. The quantitative estimate of drug-likeness (QED) is 0.646. The third-order valence-corrected chi connectivity index (χ3v) is 3.97. The van der Waals surface area contributed by atoms with Gasteiger partial charge in [-0.15, -0.1) is 0 Å². The molecule has 3 atom stereocenters. The molecule has 1 heteroatoms. The van der Waals surface area contributed by atoms with Crippen LogP contribution in [0.4, 0.5) is 0 Å². The summed E-state index contributed by atoms with van der Waals surface area (Å²) in [7, 11) is 0. The summed E-state index contributed by atoms with van der Waals surface area (Å²) in [6.07, 6.45) is 15.1. The zero-order valence-electron chi connectivity index (χ0n) is 10.1. The lowest BCUT2D eigenvalue weighted by atomic mass is 9.84. The van der Waals surface area contributed by atoms with E-state index in [1.54, 1.807) is 5.57 Å². The van der Waals surface area contributed by atoms with Gasteiger partial charge in [0.15, 0.2) is 0 Å².